The molecule has 2 N–H and O–H groups in total. The molecule has 1 aliphatic heterocycles. The number of benzene rings is 1. The highest BCUT2D eigenvalue weighted by Gasteiger charge is 2.18. The fraction of sp³-hybridized carbons (Fsp3) is 0.625. The summed E-state index contributed by atoms with van der Waals surface area (Å²) in [4.78, 5) is 4.86. The summed E-state index contributed by atoms with van der Waals surface area (Å²) < 4.78 is 12.9. The molecule has 2 rings (SSSR count). The standard InChI is InChI=1S/C16H26FN3/c1-14(3-2-8-18)13-19-9-11-20(12-10-19)16-6-4-15(17)5-7-16/h4-7,14H,2-3,8-13,18H2,1H3. The Morgan fingerprint density at radius 1 is 1.15 bits per heavy atom. The minimum atomic E-state index is -0.166. The van der Waals surface area contributed by atoms with E-state index in [0.717, 1.165) is 57.3 Å². The molecule has 3 nitrogen and oxygen atoms in total. The van der Waals surface area contributed by atoms with Gasteiger partial charge in [-0.25, -0.2) is 4.39 Å². The number of halogens is 1. The summed E-state index contributed by atoms with van der Waals surface area (Å²) in [7, 11) is 0. The molecule has 112 valence electrons. The second kappa shape index (κ2) is 7.60. The van der Waals surface area contributed by atoms with E-state index in [9.17, 15) is 4.39 Å². The molecule has 0 radical (unpaired) electrons. The first kappa shape index (κ1) is 15.3. The van der Waals surface area contributed by atoms with E-state index in [1.54, 1.807) is 0 Å². The molecule has 0 saturated carbocycles. The molecule has 4 heteroatoms. The fourth-order valence-corrected chi connectivity index (χ4v) is 2.84. The Bertz CT molecular complexity index is 385. The zero-order chi connectivity index (χ0) is 14.4. The van der Waals surface area contributed by atoms with Gasteiger partial charge in [0, 0.05) is 38.4 Å². The van der Waals surface area contributed by atoms with Crippen LogP contribution >= 0.6 is 0 Å². The maximum Gasteiger partial charge on any atom is 0.123 e. The van der Waals surface area contributed by atoms with Gasteiger partial charge in [-0.05, 0) is 49.6 Å². The molecule has 20 heavy (non-hydrogen) atoms. The van der Waals surface area contributed by atoms with Crippen LogP contribution in [0, 0.1) is 11.7 Å². The topological polar surface area (TPSA) is 32.5 Å². The number of hydrogen-bond acceptors (Lipinski definition) is 3. The van der Waals surface area contributed by atoms with Gasteiger partial charge in [0.2, 0.25) is 0 Å². The van der Waals surface area contributed by atoms with Gasteiger partial charge in [-0.2, -0.15) is 0 Å². The molecule has 0 spiro atoms. The molecular formula is C16H26FN3. The highest BCUT2D eigenvalue weighted by Crippen LogP contribution is 2.17. The van der Waals surface area contributed by atoms with Crippen molar-refractivity contribution < 1.29 is 4.39 Å². The van der Waals surface area contributed by atoms with E-state index in [4.69, 9.17) is 5.73 Å². The Balaban J connectivity index is 1.76. The molecule has 1 aromatic carbocycles. The highest BCUT2D eigenvalue weighted by molar-refractivity contribution is 5.46. The third kappa shape index (κ3) is 4.46. The van der Waals surface area contributed by atoms with Gasteiger partial charge in [0.15, 0.2) is 0 Å². The first-order valence-corrected chi connectivity index (χ1v) is 7.62. The Kier molecular flexibility index (Phi) is 5.80. The molecule has 1 heterocycles. The van der Waals surface area contributed by atoms with Crippen molar-refractivity contribution in [3.05, 3.63) is 30.1 Å². The lowest BCUT2D eigenvalue weighted by Gasteiger charge is -2.37. The summed E-state index contributed by atoms with van der Waals surface area (Å²) in [6.07, 6.45) is 2.34. The number of nitrogens with zero attached hydrogens (tertiary/aromatic N) is 2. The Morgan fingerprint density at radius 3 is 2.40 bits per heavy atom. The van der Waals surface area contributed by atoms with Crippen molar-refractivity contribution in [1.82, 2.24) is 4.90 Å². The van der Waals surface area contributed by atoms with Crippen molar-refractivity contribution in [3.63, 3.8) is 0 Å². The van der Waals surface area contributed by atoms with E-state index >= 15 is 0 Å². The van der Waals surface area contributed by atoms with E-state index < -0.39 is 0 Å². The van der Waals surface area contributed by atoms with Crippen molar-refractivity contribution in [3.8, 4) is 0 Å². The summed E-state index contributed by atoms with van der Waals surface area (Å²) in [6.45, 7) is 8.49. The maximum absolute atomic E-state index is 12.9. The second-order valence-corrected chi connectivity index (χ2v) is 5.80. The molecular weight excluding hydrogens is 253 g/mol. The van der Waals surface area contributed by atoms with E-state index in [1.807, 2.05) is 12.1 Å². The molecule has 0 aliphatic carbocycles. The van der Waals surface area contributed by atoms with Gasteiger partial charge in [0.05, 0.1) is 0 Å². The smallest absolute Gasteiger partial charge is 0.123 e. The summed E-state index contributed by atoms with van der Waals surface area (Å²) in [6, 6.07) is 6.82. The van der Waals surface area contributed by atoms with Gasteiger partial charge in [0.25, 0.3) is 0 Å². The Labute approximate surface area is 121 Å². The largest absolute Gasteiger partial charge is 0.369 e. The van der Waals surface area contributed by atoms with E-state index in [2.05, 4.69) is 16.7 Å². The maximum atomic E-state index is 12.9. The molecule has 1 aromatic rings. The number of anilines is 1. The average molecular weight is 279 g/mol. The first-order chi connectivity index (χ1) is 9.69. The van der Waals surface area contributed by atoms with Crippen molar-refractivity contribution in [2.24, 2.45) is 11.7 Å². The van der Waals surface area contributed by atoms with Gasteiger partial charge >= 0.3 is 0 Å². The van der Waals surface area contributed by atoms with E-state index in [-0.39, 0.29) is 5.82 Å². The van der Waals surface area contributed by atoms with Crippen LogP contribution in [0.3, 0.4) is 0 Å². The van der Waals surface area contributed by atoms with Crippen LogP contribution in [0.1, 0.15) is 19.8 Å². The highest BCUT2D eigenvalue weighted by atomic mass is 19.1. The van der Waals surface area contributed by atoms with E-state index in [1.165, 1.54) is 18.6 Å². The van der Waals surface area contributed by atoms with Crippen LogP contribution in [-0.2, 0) is 0 Å². The minimum Gasteiger partial charge on any atom is -0.369 e. The number of rotatable bonds is 6. The Hall–Kier alpha value is -1.13. The zero-order valence-electron chi connectivity index (χ0n) is 12.4. The first-order valence-electron chi connectivity index (χ1n) is 7.62. The zero-order valence-corrected chi connectivity index (χ0v) is 12.4. The van der Waals surface area contributed by atoms with Gasteiger partial charge in [-0.3, -0.25) is 4.90 Å². The van der Waals surface area contributed by atoms with Crippen LogP contribution in [0.5, 0.6) is 0 Å². The normalized spacial score (nSPS) is 18.2. The number of nitrogens with two attached hydrogens (primary N) is 1. The summed E-state index contributed by atoms with van der Waals surface area (Å²) in [5.74, 6) is 0.553. The minimum absolute atomic E-state index is 0.166. The van der Waals surface area contributed by atoms with Crippen LogP contribution in [0.4, 0.5) is 10.1 Å². The van der Waals surface area contributed by atoms with Crippen LogP contribution < -0.4 is 10.6 Å². The molecule has 0 amide bonds. The third-order valence-electron chi connectivity index (χ3n) is 4.03. The Morgan fingerprint density at radius 2 is 1.80 bits per heavy atom. The molecule has 1 atom stereocenters. The third-order valence-corrected chi connectivity index (χ3v) is 4.03. The average Bonchev–Trinajstić information content (AvgIpc) is 2.47. The molecule has 0 bridgehead atoms. The van der Waals surface area contributed by atoms with Crippen LogP contribution in [0.25, 0.3) is 0 Å². The second-order valence-electron chi connectivity index (χ2n) is 5.80. The summed E-state index contributed by atoms with van der Waals surface area (Å²) >= 11 is 0. The van der Waals surface area contributed by atoms with Crippen molar-refractivity contribution >= 4 is 5.69 Å². The van der Waals surface area contributed by atoms with Crippen molar-refractivity contribution in [2.75, 3.05) is 44.2 Å². The molecule has 1 saturated heterocycles. The summed E-state index contributed by atoms with van der Waals surface area (Å²) in [5.41, 5.74) is 6.68. The lowest BCUT2D eigenvalue weighted by Crippen LogP contribution is -2.47. The lowest BCUT2D eigenvalue weighted by atomic mass is 10.0. The van der Waals surface area contributed by atoms with Crippen LogP contribution in [0.2, 0.25) is 0 Å². The molecule has 1 unspecified atom stereocenters. The van der Waals surface area contributed by atoms with Gasteiger partial charge < -0.3 is 10.6 Å². The van der Waals surface area contributed by atoms with Crippen LogP contribution in [-0.4, -0.2) is 44.2 Å². The SMILES string of the molecule is CC(CCCN)CN1CCN(c2ccc(F)cc2)CC1. The van der Waals surface area contributed by atoms with Gasteiger partial charge in [-0.1, -0.05) is 6.92 Å². The quantitative estimate of drug-likeness (QED) is 0.867. The van der Waals surface area contributed by atoms with Crippen LogP contribution in [0.15, 0.2) is 24.3 Å². The number of hydrogen-bond donors (Lipinski definition) is 1. The molecule has 1 aliphatic rings. The summed E-state index contributed by atoms with van der Waals surface area (Å²) in [5, 5.41) is 0. The van der Waals surface area contributed by atoms with Gasteiger partial charge in [-0.15, -0.1) is 0 Å². The molecule has 0 aromatic heterocycles. The van der Waals surface area contributed by atoms with Crippen molar-refractivity contribution in [2.45, 2.75) is 19.8 Å². The number of piperazine rings is 1. The van der Waals surface area contributed by atoms with Crippen molar-refractivity contribution in [1.29, 1.82) is 0 Å². The predicted octanol–water partition coefficient (Wildman–Crippen LogP) is 2.32. The lowest BCUT2D eigenvalue weighted by molar-refractivity contribution is 0.219. The fourth-order valence-electron chi connectivity index (χ4n) is 2.84. The molecule has 1 fully saturated rings. The van der Waals surface area contributed by atoms with E-state index in [0.29, 0.717) is 0 Å². The van der Waals surface area contributed by atoms with Gasteiger partial charge in [0.1, 0.15) is 5.82 Å². The predicted molar refractivity (Wildman–Crippen MR) is 82.5 cm³/mol. The monoisotopic (exact) mass is 279 g/mol.